The number of unbranched alkanes of at least 4 members (excludes halogenated alkanes) is 1. The third kappa shape index (κ3) is 6.36. The van der Waals surface area contributed by atoms with Gasteiger partial charge in [-0.05, 0) is 32.6 Å². The lowest BCUT2D eigenvalue weighted by atomic mass is 10.1. The zero-order chi connectivity index (χ0) is 14.0. The third-order valence-corrected chi connectivity index (χ3v) is 3.34. The number of nitrogens with two attached hydrogens (primary N) is 1. The standard InChI is InChI=1S/C14H30N2O2/c1-5-7-10-16(12(3)6-2)14(17)13(15)9-8-11-18-4/h12-13H,5-11,15H2,1-4H3. The molecule has 1 amide bonds. The Hall–Kier alpha value is -0.610. The van der Waals surface area contributed by atoms with Gasteiger partial charge in [0.1, 0.15) is 0 Å². The molecular formula is C14H30N2O2. The van der Waals surface area contributed by atoms with Gasteiger partial charge < -0.3 is 15.4 Å². The van der Waals surface area contributed by atoms with Gasteiger partial charge in [0.2, 0.25) is 5.91 Å². The summed E-state index contributed by atoms with van der Waals surface area (Å²) in [6.07, 6.45) is 4.65. The lowest BCUT2D eigenvalue weighted by Gasteiger charge is -2.31. The van der Waals surface area contributed by atoms with E-state index >= 15 is 0 Å². The smallest absolute Gasteiger partial charge is 0.239 e. The van der Waals surface area contributed by atoms with Crippen LogP contribution in [0, 0.1) is 0 Å². The molecule has 0 heterocycles. The lowest BCUT2D eigenvalue weighted by molar-refractivity contribution is -0.135. The molecule has 2 unspecified atom stereocenters. The normalized spacial score (nSPS) is 14.3. The van der Waals surface area contributed by atoms with E-state index in [0.29, 0.717) is 13.0 Å². The fourth-order valence-electron chi connectivity index (χ4n) is 1.88. The van der Waals surface area contributed by atoms with E-state index in [1.165, 1.54) is 0 Å². The van der Waals surface area contributed by atoms with Gasteiger partial charge in [-0.3, -0.25) is 4.79 Å². The summed E-state index contributed by atoms with van der Waals surface area (Å²) < 4.78 is 4.99. The zero-order valence-electron chi connectivity index (χ0n) is 12.4. The maximum absolute atomic E-state index is 12.3. The fraction of sp³-hybridized carbons (Fsp3) is 0.929. The average Bonchev–Trinajstić information content (AvgIpc) is 2.38. The number of hydrogen-bond donors (Lipinski definition) is 1. The molecular weight excluding hydrogens is 228 g/mol. The van der Waals surface area contributed by atoms with Crippen LogP contribution in [0.15, 0.2) is 0 Å². The van der Waals surface area contributed by atoms with Crippen LogP contribution < -0.4 is 5.73 Å². The van der Waals surface area contributed by atoms with Gasteiger partial charge in [0.25, 0.3) is 0 Å². The van der Waals surface area contributed by atoms with Gasteiger partial charge in [0, 0.05) is 26.3 Å². The van der Waals surface area contributed by atoms with Crippen LogP contribution in [0.5, 0.6) is 0 Å². The third-order valence-electron chi connectivity index (χ3n) is 3.34. The van der Waals surface area contributed by atoms with Gasteiger partial charge in [-0.1, -0.05) is 20.3 Å². The van der Waals surface area contributed by atoms with Crippen molar-refractivity contribution < 1.29 is 9.53 Å². The molecule has 0 spiro atoms. The van der Waals surface area contributed by atoms with E-state index in [9.17, 15) is 4.79 Å². The molecule has 0 aromatic rings. The van der Waals surface area contributed by atoms with Crippen molar-refractivity contribution in [2.75, 3.05) is 20.3 Å². The van der Waals surface area contributed by atoms with Gasteiger partial charge in [0.05, 0.1) is 6.04 Å². The Morgan fingerprint density at radius 3 is 2.50 bits per heavy atom. The number of hydrogen-bond acceptors (Lipinski definition) is 3. The summed E-state index contributed by atoms with van der Waals surface area (Å²) in [5, 5.41) is 0. The summed E-state index contributed by atoms with van der Waals surface area (Å²) in [7, 11) is 1.67. The second-order valence-electron chi connectivity index (χ2n) is 4.88. The van der Waals surface area contributed by atoms with E-state index in [0.717, 1.165) is 32.2 Å². The average molecular weight is 258 g/mol. The predicted molar refractivity (Wildman–Crippen MR) is 75.5 cm³/mol. The number of amides is 1. The van der Waals surface area contributed by atoms with Crippen molar-refractivity contribution in [2.45, 2.75) is 65.0 Å². The SMILES string of the molecule is CCCCN(C(=O)C(N)CCCOC)C(C)CC. The van der Waals surface area contributed by atoms with E-state index in [-0.39, 0.29) is 18.0 Å². The summed E-state index contributed by atoms with van der Waals surface area (Å²) in [5.41, 5.74) is 5.98. The number of carbonyl (C=O) groups excluding carboxylic acids is 1. The van der Waals surface area contributed by atoms with Gasteiger partial charge in [-0.2, -0.15) is 0 Å². The molecule has 2 N–H and O–H groups in total. The van der Waals surface area contributed by atoms with E-state index in [2.05, 4.69) is 20.8 Å². The molecule has 0 bridgehead atoms. The van der Waals surface area contributed by atoms with Crippen LogP contribution in [0.2, 0.25) is 0 Å². The maximum Gasteiger partial charge on any atom is 0.239 e. The Balaban J connectivity index is 4.33. The van der Waals surface area contributed by atoms with Crippen molar-refractivity contribution in [3.63, 3.8) is 0 Å². The molecule has 108 valence electrons. The molecule has 0 aromatic heterocycles. The second-order valence-corrected chi connectivity index (χ2v) is 4.88. The van der Waals surface area contributed by atoms with Crippen LogP contribution in [-0.4, -0.2) is 43.2 Å². The molecule has 0 saturated carbocycles. The van der Waals surface area contributed by atoms with E-state index in [1.807, 2.05) is 4.90 Å². The zero-order valence-corrected chi connectivity index (χ0v) is 12.4. The Morgan fingerprint density at radius 1 is 1.33 bits per heavy atom. The summed E-state index contributed by atoms with van der Waals surface area (Å²) in [6, 6.07) is -0.108. The van der Waals surface area contributed by atoms with E-state index < -0.39 is 0 Å². The van der Waals surface area contributed by atoms with Crippen LogP contribution in [0.4, 0.5) is 0 Å². The molecule has 0 aliphatic heterocycles. The molecule has 0 aliphatic rings. The number of ether oxygens (including phenoxy) is 1. The van der Waals surface area contributed by atoms with Crippen LogP contribution in [0.3, 0.4) is 0 Å². The molecule has 18 heavy (non-hydrogen) atoms. The highest BCUT2D eigenvalue weighted by atomic mass is 16.5. The topological polar surface area (TPSA) is 55.6 Å². The minimum Gasteiger partial charge on any atom is -0.385 e. The minimum absolute atomic E-state index is 0.0916. The van der Waals surface area contributed by atoms with Crippen molar-refractivity contribution in [2.24, 2.45) is 5.73 Å². The maximum atomic E-state index is 12.3. The van der Waals surface area contributed by atoms with Crippen molar-refractivity contribution in [1.82, 2.24) is 4.90 Å². The second kappa shape index (κ2) is 10.3. The van der Waals surface area contributed by atoms with Crippen LogP contribution in [0.25, 0.3) is 0 Å². The Labute approximate surface area is 112 Å². The highest BCUT2D eigenvalue weighted by Crippen LogP contribution is 2.09. The molecule has 0 aliphatic carbocycles. The lowest BCUT2D eigenvalue weighted by Crippen LogP contribution is -2.48. The molecule has 4 heteroatoms. The van der Waals surface area contributed by atoms with Crippen molar-refractivity contribution in [3.05, 3.63) is 0 Å². The number of carbonyl (C=O) groups is 1. The Morgan fingerprint density at radius 2 is 2.00 bits per heavy atom. The largest absolute Gasteiger partial charge is 0.385 e. The van der Waals surface area contributed by atoms with Crippen LogP contribution >= 0.6 is 0 Å². The molecule has 2 atom stereocenters. The van der Waals surface area contributed by atoms with Gasteiger partial charge >= 0.3 is 0 Å². The Kier molecular flexibility index (Phi) is 9.98. The molecule has 0 saturated heterocycles. The summed E-state index contributed by atoms with van der Waals surface area (Å²) in [5.74, 6) is 0.0916. The molecule has 4 nitrogen and oxygen atoms in total. The molecule has 0 rings (SSSR count). The van der Waals surface area contributed by atoms with Gasteiger partial charge in [-0.15, -0.1) is 0 Å². The van der Waals surface area contributed by atoms with Crippen LogP contribution in [-0.2, 0) is 9.53 Å². The predicted octanol–water partition coefficient (Wildman–Crippen LogP) is 2.17. The summed E-state index contributed by atoms with van der Waals surface area (Å²) >= 11 is 0. The first kappa shape index (κ1) is 17.4. The van der Waals surface area contributed by atoms with E-state index in [4.69, 9.17) is 10.5 Å². The quantitative estimate of drug-likeness (QED) is 0.611. The van der Waals surface area contributed by atoms with Crippen molar-refractivity contribution in [3.8, 4) is 0 Å². The number of rotatable bonds is 10. The molecule has 0 fully saturated rings. The Bertz CT molecular complexity index is 222. The highest BCUT2D eigenvalue weighted by Gasteiger charge is 2.23. The van der Waals surface area contributed by atoms with Crippen molar-refractivity contribution in [1.29, 1.82) is 0 Å². The van der Waals surface area contributed by atoms with Gasteiger partial charge in [-0.25, -0.2) is 0 Å². The van der Waals surface area contributed by atoms with E-state index in [1.54, 1.807) is 7.11 Å². The first-order valence-corrected chi connectivity index (χ1v) is 7.13. The number of nitrogens with zero attached hydrogens (tertiary/aromatic N) is 1. The summed E-state index contributed by atoms with van der Waals surface area (Å²) in [4.78, 5) is 14.2. The van der Waals surface area contributed by atoms with Gasteiger partial charge in [0.15, 0.2) is 0 Å². The molecule has 0 aromatic carbocycles. The van der Waals surface area contributed by atoms with Crippen LogP contribution in [0.1, 0.15) is 52.9 Å². The fourth-order valence-corrected chi connectivity index (χ4v) is 1.88. The summed E-state index contributed by atoms with van der Waals surface area (Å²) in [6.45, 7) is 7.82. The number of methoxy groups -OCH3 is 1. The first-order chi connectivity index (χ1) is 8.58. The minimum atomic E-state index is -0.383. The first-order valence-electron chi connectivity index (χ1n) is 7.13. The monoisotopic (exact) mass is 258 g/mol. The van der Waals surface area contributed by atoms with Crippen molar-refractivity contribution >= 4 is 5.91 Å². The highest BCUT2D eigenvalue weighted by molar-refractivity contribution is 5.81. The molecule has 0 radical (unpaired) electrons.